The van der Waals surface area contributed by atoms with Crippen LogP contribution in [-0.4, -0.2) is 18.4 Å². The van der Waals surface area contributed by atoms with Gasteiger partial charge in [-0.3, -0.25) is 14.3 Å². The van der Waals surface area contributed by atoms with Crippen LogP contribution in [0.25, 0.3) is 11.0 Å². The van der Waals surface area contributed by atoms with Crippen molar-refractivity contribution in [2.45, 2.75) is 31.1 Å². The maximum Gasteiger partial charge on any atom is 0.314 e. The summed E-state index contributed by atoms with van der Waals surface area (Å²) in [7, 11) is -3.84. The van der Waals surface area contributed by atoms with Gasteiger partial charge in [-0.05, 0) is 67.1 Å². The Balaban J connectivity index is 1.77. The SMILES string of the molecule is Cc1cc2[nH]c(=O)c(=O)[nH]c2cc1S(=O)(=O)Nc1ccc2c(c1)CCC2. The molecule has 0 saturated carbocycles. The van der Waals surface area contributed by atoms with Gasteiger partial charge in [-0.15, -0.1) is 0 Å². The fourth-order valence-corrected chi connectivity index (χ4v) is 4.69. The minimum atomic E-state index is -3.84. The van der Waals surface area contributed by atoms with Crippen LogP contribution in [0.2, 0.25) is 0 Å². The van der Waals surface area contributed by atoms with Gasteiger partial charge in [-0.1, -0.05) is 6.07 Å². The molecule has 0 saturated heterocycles. The first-order valence-corrected chi connectivity index (χ1v) is 9.73. The fourth-order valence-electron chi connectivity index (χ4n) is 3.39. The zero-order valence-electron chi connectivity index (χ0n) is 14.0. The molecular weight excluding hydrogens is 354 g/mol. The number of benzene rings is 2. The third kappa shape index (κ3) is 2.82. The molecule has 3 N–H and O–H groups in total. The Morgan fingerprint density at radius 1 is 0.923 bits per heavy atom. The van der Waals surface area contributed by atoms with E-state index in [1.807, 2.05) is 12.1 Å². The zero-order chi connectivity index (χ0) is 18.5. The first kappa shape index (κ1) is 16.6. The van der Waals surface area contributed by atoms with Crippen LogP contribution in [0.1, 0.15) is 23.1 Å². The van der Waals surface area contributed by atoms with Crippen LogP contribution in [0.5, 0.6) is 0 Å². The molecule has 4 rings (SSSR count). The maximum atomic E-state index is 12.8. The molecule has 1 aliphatic carbocycles. The lowest BCUT2D eigenvalue weighted by Gasteiger charge is -2.12. The first-order chi connectivity index (χ1) is 12.3. The van der Waals surface area contributed by atoms with Gasteiger partial charge in [0.1, 0.15) is 0 Å². The van der Waals surface area contributed by atoms with Crippen LogP contribution in [-0.2, 0) is 22.9 Å². The van der Waals surface area contributed by atoms with Crippen LogP contribution >= 0.6 is 0 Å². The molecular formula is C18H17N3O4S. The molecule has 0 bridgehead atoms. The minimum absolute atomic E-state index is 0.0493. The molecule has 0 radical (unpaired) electrons. The Morgan fingerprint density at radius 2 is 1.58 bits per heavy atom. The summed E-state index contributed by atoms with van der Waals surface area (Å²) in [4.78, 5) is 27.8. The number of aromatic nitrogens is 2. The topological polar surface area (TPSA) is 112 Å². The Labute approximate surface area is 149 Å². The fraction of sp³-hybridized carbons (Fsp3) is 0.222. The molecule has 1 aliphatic rings. The number of sulfonamides is 1. The molecule has 26 heavy (non-hydrogen) atoms. The van der Waals surface area contributed by atoms with Gasteiger partial charge in [0.2, 0.25) is 0 Å². The van der Waals surface area contributed by atoms with E-state index < -0.39 is 21.1 Å². The smallest absolute Gasteiger partial charge is 0.314 e. The molecule has 1 aromatic heterocycles. The molecule has 0 aliphatic heterocycles. The maximum absolute atomic E-state index is 12.8. The van der Waals surface area contributed by atoms with Crippen LogP contribution in [0.4, 0.5) is 5.69 Å². The van der Waals surface area contributed by atoms with E-state index in [1.165, 1.54) is 23.3 Å². The normalized spacial score (nSPS) is 13.7. The summed E-state index contributed by atoms with van der Waals surface area (Å²) < 4.78 is 28.3. The Kier molecular flexibility index (Phi) is 3.73. The van der Waals surface area contributed by atoms with Crippen molar-refractivity contribution in [2.24, 2.45) is 0 Å². The van der Waals surface area contributed by atoms with E-state index in [-0.39, 0.29) is 10.4 Å². The van der Waals surface area contributed by atoms with E-state index in [0.29, 0.717) is 16.8 Å². The number of H-pyrrole nitrogens is 2. The Hall–Kier alpha value is -2.87. The Bertz CT molecular complexity index is 1260. The summed E-state index contributed by atoms with van der Waals surface area (Å²) in [5, 5.41) is 0. The molecule has 0 amide bonds. The number of hydrogen-bond donors (Lipinski definition) is 3. The van der Waals surface area contributed by atoms with Crippen molar-refractivity contribution in [1.82, 2.24) is 9.97 Å². The van der Waals surface area contributed by atoms with Crippen molar-refractivity contribution < 1.29 is 8.42 Å². The van der Waals surface area contributed by atoms with Crippen molar-refractivity contribution >= 4 is 26.7 Å². The minimum Gasteiger partial charge on any atom is -0.316 e. The number of fused-ring (bicyclic) bond motifs is 2. The predicted molar refractivity (Wildman–Crippen MR) is 99.2 cm³/mol. The number of nitrogens with one attached hydrogen (secondary N) is 3. The Morgan fingerprint density at radius 3 is 2.31 bits per heavy atom. The van der Waals surface area contributed by atoms with Crippen LogP contribution in [0.15, 0.2) is 44.8 Å². The number of aromatic amines is 2. The zero-order valence-corrected chi connectivity index (χ0v) is 14.9. The lowest BCUT2D eigenvalue weighted by Crippen LogP contribution is -2.29. The largest absolute Gasteiger partial charge is 0.316 e. The molecule has 0 atom stereocenters. The van der Waals surface area contributed by atoms with Crippen molar-refractivity contribution in [3.63, 3.8) is 0 Å². The van der Waals surface area contributed by atoms with E-state index in [2.05, 4.69) is 14.7 Å². The van der Waals surface area contributed by atoms with E-state index in [4.69, 9.17) is 0 Å². The lowest BCUT2D eigenvalue weighted by molar-refractivity contribution is 0.600. The molecule has 1 heterocycles. The summed E-state index contributed by atoms with van der Waals surface area (Å²) in [5.74, 6) is 0. The molecule has 2 aromatic carbocycles. The van der Waals surface area contributed by atoms with E-state index in [1.54, 1.807) is 13.0 Å². The summed E-state index contributed by atoms with van der Waals surface area (Å²) in [6.07, 6.45) is 3.06. The second-order valence-electron chi connectivity index (χ2n) is 6.51. The van der Waals surface area contributed by atoms with Gasteiger partial charge in [0, 0.05) is 5.69 Å². The molecule has 134 valence electrons. The van der Waals surface area contributed by atoms with E-state index >= 15 is 0 Å². The number of rotatable bonds is 3. The third-order valence-electron chi connectivity index (χ3n) is 4.66. The van der Waals surface area contributed by atoms with Crippen molar-refractivity contribution in [1.29, 1.82) is 0 Å². The third-order valence-corrected chi connectivity index (χ3v) is 6.18. The summed E-state index contributed by atoms with van der Waals surface area (Å²) in [6.45, 7) is 1.64. The number of hydrogen-bond acceptors (Lipinski definition) is 4. The summed E-state index contributed by atoms with van der Waals surface area (Å²) in [6, 6.07) is 8.48. The van der Waals surface area contributed by atoms with Gasteiger partial charge in [0.05, 0.1) is 15.9 Å². The second-order valence-corrected chi connectivity index (χ2v) is 8.16. The lowest BCUT2D eigenvalue weighted by atomic mass is 10.1. The van der Waals surface area contributed by atoms with Gasteiger partial charge < -0.3 is 9.97 Å². The summed E-state index contributed by atoms with van der Waals surface area (Å²) >= 11 is 0. The van der Waals surface area contributed by atoms with Gasteiger partial charge >= 0.3 is 11.1 Å². The first-order valence-electron chi connectivity index (χ1n) is 8.25. The second kappa shape index (κ2) is 5.84. The average Bonchev–Trinajstić information content (AvgIpc) is 3.03. The van der Waals surface area contributed by atoms with Gasteiger partial charge in [0.25, 0.3) is 10.0 Å². The van der Waals surface area contributed by atoms with Crippen LogP contribution in [0.3, 0.4) is 0 Å². The van der Waals surface area contributed by atoms with Gasteiger partial charge in [-0.25, -0.2) is 8.42 Å². The van der Waals surface area contributed by atoms with Crippen molar-refractivity contribution in [3.8, 4) is 0 Å². The highest BCUT2D eigenvalue weighted by molar-refractivity contribution is 7.92. The van der Waals surface area contributed by atoms with E-state index in [9.17, 15) is 18.0 Å². The van der Waals surface area contributed by atoms with Crippen LogP contribution < -0.4 is 15.8 Å². The molecule has 0 fully saturated rings. The quantitative estimate of drug-likeness (QED) is 0.610. The van der Waals surface area contributed by atoms with Crippen molar-refractivity contribution in [3.05, 3.63) is 67.7 Å². The summed E-state index contributed by atoms with van der Waals surface area (Å²) in [5.41, 5.74) is 2.45. The van der Waals surface area contributed by atoms with Crippen molar-refractivity contribution in [2.75, 3.05) is 4.72 Å². The molecule has 3 aromatic rings. The van der Waals surface area contributed by atoms with Crippen LogP contribution in [0, 0.1) is 6.92 Å². The highest BCUT2D eigenvalue weighted by Crippen LogP contribution is 2.27. The van der Waals surface area contributed by atoms with E-state index in [0.717, 1.165) is 19.3 Å². The molecule has 0 spiro atoms. The molecule has 8 heteroatoms. The predicted octanol–water partition coefficient (Wildman–Crippen LogP) is 1.81. The monoisotopic (exact) mass is 371 g/mol. The highest BCUT2D eigenvalue weighted by Gasteiger charge is 2.20. The molecule has 0 unspecified atom stereocenters. The number of aryl methyl sites for hydroxylation is 3. The highest BCUT2D eigenvalue weighted by atomic mass is 32.2. The number of anilines is 1. The standard InChI is InChI=1S/C18H17N3O4S/c1-10-7-14-15(20-18(23)17(22)19-14)9-16(10)26(24,25)21-13-6-5-11-3-2-4-12(11)8-13/h5-9,21H,2-4H2,1H3,(H,19,22)(H,20,23). The van der Waals surface area contributed by atoms with Gasteiger partial charge in [0.15, 0.2) is 0 Å². The van der Waals surface area contributed by atoms with Gasteiger partial charge in [-0.2, -0.15) is 0 Å². The molecule has 7 nitrogen and oxygen atoms in total. The average molecular weight is 371 g/mol.